The Balaban J connectivity index is 1.52. The molecule has 206 valence electrons. The quantitative estimate of drug-likeness (QED) is 0.397. The molecule has 5 aliphatic carbocycles. The molecule has 0 bridgehead atoms. The van der Waals surface area contributed by atoms with Gasteiger partial charge in [-0.05, 0) is 74.5 Å². The van der Waals surface area contributed by atoms with Crippen molar-refractivity contribution in [2.75, 3.05) is 0 Å². The van der Waals surface area contributed by atoms with Crippen LogP contribution >= 0.6 is 0 Å². The number of rotatable bonds is 6. The van der Waals surface area contributed by atoms with E-state index < -0.39 is 57.1 Å². The van der Waals surface area contributed by atoms with E-state index in [1.54, 1.807) is 0 Å². The summed E-state index contributed by atoms with van der Waals surface area (Å²) in [4.78, 5) is 39.8. The van der Waals surface area contributed by atoms with Crippen molar-refractivity contribution < 1.29 is 34.8 Å². The fraction of sp³-hybridized carbons (Fsp3) is 0.833. The molecule has 0 amide bonds. The Bertz CT molecular complexity index is 1070. The van der Waals surface area contributed by atoms with Crippen LogP contribution in [0.3, 0.4) is 0 Å². The minimum atomic E-state index is -1.83. The first-order valence-corrected chi connectivity index (χ1v) is 14.1. The second-order valence-corrected chi connectivity index (χ2v) is 14.1. The van der Waals surface area contributed by atoms with Gasteiger partial charge in [-0.25, -0.2) is 0 Å². The second-order valence-electron chi connectivity index (χ2n) is 14.1. The van der Waals surface area contributed by atoms with E-state index in [2.05, 4.69) is 34.3 Å². The third-order valence-electron chi connectivity index (χ3n) is 12.5. The average molecular weight is 517 g/mol. The largest absolute Gasteiger partial charge is 0.481 e. The molecule has 4 N–H and O–H groups in total. The summed E-state index contributed by atoms with van der Waals surface area (Å²) >= 11 is 0. The number of aliphatic hydroxyl groups excluding tert-OH is 2. The van der Waals surface area contributed by atoms with E-state index in [-0.39, 0.29) is 36.9 Å². The average Bonchev–Trinajstić information content (AvgIpc) is 3.39. The molecule has 0 aliphatic heterocycles. The number of carboxylic acids is 1. The summed E-state index contributed by atoms with van der Waals surface area (Å²) in [6, 6.07) is 0. The first-order chi connectivity index (χ1) is 17.1. The topological polar surface area (TPSA) is 132 Å². The van der Waals surface area contributed by atoms with Crippen LogP contribution in [-0.4, -0.2) is 55.8 Å². The molecule has 7 heteroatoms. The number of hydrogen-bond donors (Lipinski definition) is 4. The Morgan fingerprint density at radius 3 is 2.35 bits per heavy atom. The molecule has 2 spiro atoms. The number of ketones is 2. The maximum atomic E-state index is 13.8. The number of aliphatic carboxylic acids is 1. The number of carbonyl (C=O) groups is 3. The van der Waals surface area contributed by atoms with Gasteiger partial charge in [-0.2, -0.15) is 0 Å². The Morgan fingerprint density at radius 1 is 1.11 bits per heavy atom. The first kappa shape index (κ1) is 27.0. The summed E-state index contributed by atoms with van der Waals surface area (Å²) in [6.45, 7) is 14.2. The van der Waals surface area contributed by atoms with Gasteiger partial charge in [-0.15, -0.1) is 0 Å². The van der Waals surface area contributed by atoms with Crippen molar-refractivity contribution in [3.63, 3.8) is 0 Å². The van der Waals surface area contributed by atoms with E-state index >= 15 is 0 Å². The van der Waals surface area contributed by atoms with Crippen LogP contribution in [0.5, 0.6) is 0 Å². The summed E-state index contributed by atoms with van der Waals surface area (Å²) in [5.74, 6) is -2.64. The van der Waals surface area contributed by atoms with Crippen molar-refractivity contribution in [1.82, 2.24) is 0 Å². The van der Waals surface area contributed by atoms with Crippen LogP contribution in [-0.2, 0) is 14.4 Å². The molecule has 7 nitrogen and oxygen atoms in total. The zero-order valence-electron chi connectivity index (χ0n) is 22.9. The number of hydrogen-bond acceptors (Lipinski definition) is 6. The lowest BCUT2D eigenvalue weighted by molar-refractivity contribution is -0.242. The Kier molecular flexibility index (Phi) is 5.83. The van der Waals surface area contributed by atoms with E-state index in [4.69, 9.17) is 0 Å². The molecule has 0 aromatic heterocycles. The van der Waals surface area contributed by atoms with Gasteiger partial charge in [-0.1, -0.05) is 39.8 Å². The predicted molar refractivity (Wildman–Crippen MR) is 136 cm³/mol. The Labute approximate surface area is 219 Å². The summed E-state index contributed by atoms with van der Waals surface area (Å²) in [6.07, 6.45) is 0.876. The molecule has 0 aromatic rings. The maximum Gasteiger partial charge on any atom is 0.312 e. The molecule has 0 unspecified atom stereocenters. The van der Waals surface area contributed by atoms with Crippen LogP contribution in [0, 0.1) is 51.2 Å². The highest BCUT2D eigenvalue weighted by atomic mass is 16.4. The van der Waals surface area contributed by atoms with E-state index in [0.717, 1.165) is 19.3 Å². The lowest BCUT2D eigenvalue weighted by atomic mass is 9.42. The number of aliphatic hydroxyl groups is 3. The summed E-state index contributed by atoms with van der Waals surface area (Å²) in [7, 11) is 0. The van der Waals surface area contributed by atoms with Gasteiger partial charge in [0.1, 0.15) is 17.0 Å². The minimum absolute atomic E-state index is 0.115. The van der Waals surface area contributed by atoms with Gasteiger partial charge in [0.05, 0.1) is 23.2 Å². The molecule has 5 saturated carbocycles. The van der Waals surface area contributed by atoms with E-state index in [9.17, 15) is 34.8 Å². The van der Waals surface area contributed by atoms with Crippen LogP contribution in [0.2, 0.25) is 0 Å². The Hall–Kier alpha value is -1.57. The molecular weight excluding hydrogens is 472 g/mol. The number of carbonyl (C=O) groups excluding carboxylic acids is 2. The Morgan fingerprint density at radius 2 is 1.76 bits per heavy atom. The lowest BCUT2D eigenvalue weighted by Gasteiger charge is -2.62. The molecule has 11 atom stereocenters. The van der Waals surface area contributed by atoms with Crippen molar-refractivity contribution in [2.24, 2.45) is 51.2 Å². The van der Waals surface area contributed by atoms with E-state index in [1.165, 1.54) is 12.5 Å². The fourth-order valence-electron chi connectivity index (χ4n) is 10.4. The molecule has 0 saturated heterocycles. The number of allylic oxidation sites excluding steroid dienone is 1. The van der Waals surface area contributed by atoms with Crippen molar-refractivity contribution in [2.45, 2.75) is 104 Å². The predicted octanol–water partition coefficient (Wildman–Crippen LogP) is 3.53. The van der Waals surface area contributed by atoms with Crippen molar-refractivity contribution in [1.29, 1.82) is 0 Å². The van der Waals surface area contributed by atoms with Crippen LogP contribution in [0.25, 0.3) is 0 Å². The first-order valence-electron chi connectivity index (χ1n) is 14.1. The van der Waals surface area contributed by atoms with Gasteiger partial charge in [-0.3, -0.25) is 14.4 Å². The zero-order chi connectivity index (χ0) is 27.5. The zero-order valence-corrected chi connectivity index (χ0v) is 22.9. The smallest absolute Gasteiger partial charge is 0.312 e. The molecule has 5 fully saturated rings. The molecule has 37 heavy (non-hydrogen) atoms. The third-order valence-corrected chi connectivity index (χ3v) is 12.5. The van der Waals surface area contributed by atoms with E-state index in [0.29, 0.717) is 24.7 Å². The van der Waals surface area contributed by atoms with Gasteiger partial charge in [0, 0.05) is 24.2 Å². The molecule has 0 radical (unpaired) electrons. The highest BCUT2D eigenvalue weighted by Gasteiger charge is 2.93. The van der Waals surface area contributed by atoms with Crippen molar-refractivity contribution >= 4 is 17.5 Å². The standard InChI is InChI=1S/C30H44O7/c1-15(2)16(3)7-8-17(4)18-9-10-20-26(18,5)13-23(34)29-14-28(29)22(33)11-21(32)27(6,25(35)36)24(28)19(31)12-30(20,29)37/h15,17-18,20-21,23-24,32,34,37H,3,7-14H2,1-2,4-6H3,(H,35,36)/t17-,18-,20-,21+,23-,24+,26-,27-,28+,29+,30+/m1/s1. The van der Waals surface area contributed by atoms with Crippen LogP contribution in [0.1, 0.15) is 86.0 Å². The normalized spacial score (nSPS) is 51.1. The fourth-order valence-corrected chi connectivity index (χ4v) is 10.4. The van der Waals surface area contributed by atoms with Crippen LogP contribution in [0.15, 0.2) is 12.2 Å². The summed E-state index contributed by atoms with van der Waals surface area (Å²) < 4.78 is 0. The molecule has 0 heterocycles. The van der Waals surface area contributed by atoms with Gasteiger partial charge in [0.25, 0.3) is 0 Å². The second kappa shape index (κ2) is 7.98. The molecular formula is C30H44O7. The van der Waals surface area contributed by atoms with Gasteiger partial charge < -0.3 is 20.4 Å². The van der Waals surface area contributed by atoms with Crippen LogP contribution < -0.4 is 0 Å². The lowest BCUT2D eigenvalue weighted by Crippen LogP contribution is -2.72. The van der Waals surface area contributed by atoms with Gasteiger partial charge in [0.15, 0.2) is 0 Å². The summed E-state index contributed by atoms with van der Waals surface area (Å²) in [5.41, 5.74) is -5.25. The minimum Gasteiger partial charge on any atom is -0.481 e. The van der Waals surface area contributed by atoms with E-state index in [1.807, 2.05) is 0 Å². The molecule has 5 rings (SSSR count). The molecule has 0 aromatic carbocycles. The third kappa shape index (κ3) is 2.97. The van der Waals surface area contributed by atoms with Crippen LogP contribution in [0.4, 0.5) is 0 Å². The highest BCUT2D eigenvalue weighted by Crippen LogP contribution is 2.86. The highest BCUT2D eigenvalue weighted by molar-refractivity contribution is 6.04. The van der Waals surface area contributed by atoms with Gasteiger partial charge >= 0.3 is 5.97 Å². The maximum absolute atomic E-state index is 13.8. The van der Waals surface area contributed by atoms with Crippen molar-refractivity contribution in [3.8, 4) is 0 Å². The number of carboxylic acid groups (broad SMARTS) is 1. The number of fused-ring (bicyclic) bond motifs is 2. The number of Topliss-reactive ketones (excluding diaryl/α,β-unsaturated/α-hetero) is 2. The molecule has 5 aliphatic rings. The SMILES string of the molecule is C=C(CC[C@@H](C)[C@H]1CC[C@@H]2[C@]1(C)C[C@@H](O)[C@@]13C[C@@]14C(=O)C[C@H](O)[C@@](C)(C(=O)O)[C@@H]4C(=O)C[C@]23O)C(C)C. The van der Waals surface area contributed by atoms with Crippen molar-refractivity contribution in [3.05, 3.63) is 12.2 Å². The monoisotopic (exact) mass is 516 g/mol. The summed E-state index contributed by atoms with van der Waals surface area (Å²) in [5, 5.41) is 45.2. The van der Waals surface area contributed by atoms with Gasteiger partial charge in [0.2, 0.25) is 0 Å².